The van der Waals surface area contributed by atoms with Crippen LogP contribution in [-0.4, -0.2) is 24.5 Å². The normalized spacial score (nSPS) is 11.8. The number of nitrogens with one attached hydrogen (secondary N) is 1. The molecule has 1 amide bonds. The second kappa shape index (κ2) is 7.77. The van der Waals surface area contributed by atoms with Crippen LogP contribution in [0.3, 0.4) is 0 Å². The third-order valence-electron chi connectivity index (χ3n) is 3.54. The molecular formula is C18H20FNO4. The number of aryl methyl sites for hydroxylation is 2. The summed E-state index contributed by atoms with van der Waals surface area (Å²) in [5.41, 5.74) is 1.23. The Bertz CT molecular complexity index is 721. The number of carbonyl (C=O) groups excluding carboxylic acids is 2. The lowest BCUT2D eigenvalue weighted by molar-refractivity contribution is -0.129. The lowest BCUT2D eigenvalue weighted by Gasteiger charge is -2.13. The number of carbonyl (C=O) groups is 2. The van der Waals surface area contributed by atoms with Gasteiger partial charge in [0.25, 0.3) is 5.91 Å². The summed E-state index contributed by atoms with van der Waals surface area (Å²) in [4.78, 5) is 24.0. The van der Waals surface area contributed by atoms with E-state index in [9.17, 15) is 14.0 Å². The molecule has 5 nitrogen and oxygen atoms in total. The topological polar surface area (TPSA) is 68.5 Å². The average Bonchev–Trinajstić information content (AvgIpc) is 2.87. The Morgan fingerprint density at radius 2 is 1.92 bits per heavy atom. The number of halogens is 1. The van der Waals surface area contributed by atoms with Crippen molar-refractivity contribution in [2.75, 3.05) is 6.54 Å². The van der Waals surface area contributed by atoms with Gasteiger partial charge >= 0.3 is 5.97 Å². The van der Waals surface area contributed by atoms with Gasteiger partial charge in [0.05, 0.1) is 0 Å². The van der Waals surface area contributed by atoms with Crippen LogP contribution in [0, 0.1) is 19.7 Å². The zero-order valence-corrected chi connectivity index (χ0v) is 13.9. The lowest BCUT2D eigenvalue weighted by Crippen LogP contribution is -2.36. The van der Waals surface area contributed by atoms with Gasteiger partial charge in [0.1, 0.15) is 22.9 Å². The zero-order chi connectivity index (χ0) is 17.7. The van der Waals surface area contributed by atoms with E-state index in [-0.39, 0.29) is 11.7 Å². The Hall–Kier alpha value is -2.63. The molecule has 0 saturated heterocycles. The van der Waals surface area contributed by atoms with Crippen molar-refractivity contribution in [3.05, 3.63) is 58.8 Å². The molecule has 2 rings (SSSR count). The molecule has 0 saturated carbocycles. The third-order valence-corrected chi connectivity index (χ3v) is 3.54. The van der Waals surface area contributed by atoms with Crippen molar-refractivity contribution in [3.63, 3.8) is 0 Å². The Balaban J connectivity index is 1.80. The van der Waals surface area contributed by atoms with Crippen LogP contribution in [0.4, 0.5) is 4.39 Å². The molecule has 1 atom stereocenters. The van der Waals surface area contributed by atoms with Gasteiger partial charge in [0, 0.05) is 6.54 Å². The number of hydrogen-bond acceptors (Lipinski definition) is 4. The molecule has 0 aliphatic heterocycles. The molecule has 0 spiro atoms. The van der Waals surface area contributed by atoms with E-state index in [0.717, 1.165) is 5.56 Å². The first-order valence-electron chi connectivity index (χ1n) is 7.67. The number of furan rings is 1. The number of hydrogen-bond donors (Lipinski definition) is 1. The molecule has 1 heterocycles. The van der Waals surface area contributed by atoms with Gasteiger partial charge in [-0.05, 0) is 51.0 Å². The van der Waals surface area contributed by atoms with Gasteiger partial charge in [-0.15, -0.1) is 0 Å². The zero-order valence-electron chi connectivity index (χ0n) is 13.9. The van der Waals surface area contributed by atoms with E-state index in [1.165, 1.54) is 19.1 Å². The molecule has 0 radical (unpaired) electrons. The second-order valence-electron chi connectivity index (χ2n) is 5.54. The third kappa shape index (κ3) is 4.68. The summed E-state index contributed by atoms with van der Waals surface area (Å²) in [6.45, 7) is 5.27. The largest absolute Gasteiger partial charge is 0.466 e. The quantitative estimate of drug-likeness (QED) is 0.825. The summed E-state index contributed by atoms with van der Waals surface area (Å²) < 4.78 is 23.2. The Morgan fingerprint density at radius 3 is 2.50 bits per heavy atom. The van der Waals surface area contributed by atoms with E-state index in [0.29, 0.717) is 30.0 Å². The van der Waals surface area contributed by atoms with E-state index < -0.39 is 12.1 Å². The Kier molecular flexibility index (Phi) is 5.73. The maximum atomic E-state index is 12.8. The van der Waals surface area contributed by atoms with Crippen molar-refractivity contribution in [2.45, 2.75) is 33.3 Å². The molecule has 2 aromatic rings. The van der Waals surface area contributed by atoms with E-state index in [1.54, 1.807) is 32.0 Å². The van der Waals surface area contributed by atoms with E-state index in [1.807, 2.05) is 0 Å². The molecule has 1 aromatic carbocycles. The van der Waals surface area contributed by atoms with Crippen LogP contribution < -0.4 is 5.32 Å². The van der Waals surface area contributed by atoms with Crippen LogP contribution in [0.15, 0.2) is 34.7 Å². The number of ether oxygens (including phenoxy) is 1. The molecule has 0 aliphatic rings. The van der Waals surface area contributed by atoms with Gasteiger partial charge < -0.3 is 14.5 Å². The van der Waals surface area contributed by atoms with Crippen molar-refractivity contribution in [3.8, 4) is 0 Å². The minimum Gasteiger partial charge on any atom is -0.466 e. The molecule has 1 N–H and O–H groups in total. The molecule has 6 heteroatoms. The first-order chi connectivity index (χ1) is 11.4. The fourth-order valence-electron chi connectivity index (χ4n) is 2.24. The summed E-state index contributed by atoms with van der Waals surface area (Å²) in [7, 11) is 0. The Morgan fingerprint density at radius 1 is 1.25 bits per heavy atom. The van der Waals surface area contributed by atoms with Gasteiger partial charge in [-0.25, -0.2) is 9.18 Å². The maximum absolute atomic E-state index is 12.8. The molecule has 0 fully saturated rings. The lowest BCUT2D eigenvalue weighted by atomic mass is 10.1. The van der Waals surface area contributed by atoms with Gasteiger partial charge in [0.2, 0.25) is 0 Å². The van der Waals surface area contributed by atoms with E-state index >= 15 is 0 Å². The van der Waals surface area contributed by atoms with Crippen LogP contribution in [0.2, 0.25) is 0 Å². The van der Waals surface area contributed by atoms with Crippen LogP contribution >= 0.6 is 0 Å². The fraction of sp³-hybridized carbons (Fsp3) is 0.333. The van der Waals surface area contributed by atoms with Crippen molar-refractivity contribution in [1.29, 1.82) is 0 Å². The standard InChI is InChI=1S/C18H20FNO4/c1-11-10-16(12(2)23-11)18(22)24-13(3)17(21)20-9-8-14-4-6-15(19)7-5-14/h4-7,10,13H,8-9H2,1-3H3,(H,20,21)/t13-/m0/s1. The van der Waals surface area contributed by atoms with Crippen molar-refractivity contribution in [2.24, 2.45) is 0 Å². The van der Waals surface area contributed by atoms with Crippen LogP contribution in [0.25, 0.3) is 0 Å². The van der Waals surface area contributed by atoms with Gasteiger partial charge in [-0.3, -0.25) is 4.79 Å². The minimum absolute atomic E-state index is 0.298. The predicted molar refractivity (Wildman–Crippen MR) is 86.2 cm³/mol. The second-order valence-corrected chi connectivity index (χ2v) is 5.54. The summed E-state index contributed by atoms with van der Waals surface area (Å²) in [5, 5.41) is 2.69. The molecule has 1 aromatic heterocycles. The van der Waals surface area contributed by atoms with E-state index in [2.05, 4.69) is 5.32 Å². The highest BCUT2D eigenvalue weighted by Gasteiger charge is 2.21. The number of rotatable bonds is 6. The number of amides is 1. The van der Waals surface area contributed by atoms with Gasteiger partial charge in [-0.1, -0.05) is 12.1 Å². The highest BCUT2D eigenvalue weighted by molar-refractivity contribution is 5.93. The Labute approximate surface area is 139 Å². The summed E-state index contributed by atoms with van der Waals surface area (Å²) >= 11 is 0. The minimum atomic E-state index is -0.916. The SMILES string of the molecule is Cc1cc(C(=O)O[C@@H](C)C(=O)NCCc2ccc(F)cc2)c(C)o1. The van der Waals surface area contributed by atoms with Crippen LogP contribution in [0.1, 0.15) is 34.4 Å². The summed E-state index contributed by atoms with van der Waals surface area (Å²) in [6.07, 6.45) is -0.354. The van der Waals surface area contributed by atoms with Gasteiger partial charge in [-0.2, -0.15) is 0 Å². The summed E-state index contributed by atoms with van der Waals surface area (Å²) in [6, 6.07) is 7.65. The first-order valence-corrected chi connectivity index (χ1v) is 7.67. The molecule has 0 bridgehead atoms. The summed E-state index contributed by atoms with van der Waals surface area (Å²) in [5.74, 6) is -0.209. The number of esters is 1. The van der Waals surface area contributed by atoms with Crippen molar-refractivity contribution < 1.29 is 23.1 Å². The molecule has 0 aliphatic carbocycles. The average molecular weight is 333 g/mol. The van der Waals surface area contributed by atoms with Crippen LogP contribution in [-0.2, 0) is 16.0 Å². The van der Waals surface area contributed by atoms with Gasteiger partial charge in [0.15, 0.2) is 6.10 Å². The molecule has 24 heavy (non-hydrogen) atoms. The van der Waals surface area contributed by atoms with Crippen molar-refractivity contribution >= 4 is 11.9 Å². The predicted octanol–water partition coefficient (Wildman–Crippen LogP) is 2.94. The highest BCUT2D eigenvalue weighted by Crippen LogP contribution is 2.15. The monoisotopic (exact) mass is 333 g/mol. The highest BCUT2D eigenvalue weighted by atomic mass is 19.1. The van der Waals surface area contributed by atoms with Crippen LogP contribution in [0.5, 0.6) is 0 Å². The maximum Gasteiger partial charge on any atom is 0.342 e. The number of benzene rings is 1. The molecule has 0 unspecified atom stereocenters. The molecule has 128 valence electrons. The van der Waals surface area contributed by atoms with Crippen molar-refractivity contribution in [1.82, 2.24) is 5.32 Å². The first kappa shape index (κ1) is 17.7. The smallest absolute Gasteiger partial charge is 0.342 e. The van der Waals surface area contributed by atoms with E-state index in [4.69, 9.17) is 9.15 Å². The molecular weight excluding hydrogens is 313 g/mol. The fourth-order valence-corrected chi connectivity index (χ4v) is 2.24.